The molecule has 0 amide bonds. The van der Waals surface area contributed by atoms with Crippen molar-refractivity contribution in [2.75, 3.05) is 11.5 Å². The van der Waals surface area contributed by atoms with Crippen molar-refractivity contribution in [2.45, 2.75) is 16.3 Å². The molecule has 88 valence electrons. The molecule has 0 spiro atoms. The van der Waals surface area contributed by atoms with Crippen LogP contribution in [0.4, 0.5) is 0 Å². The van der Waals surface area contributed by atoms with Gasteiger partial charge in [0.25, 0.3) is 0 Å². The van der Waals surface area contributed by atoms with Crippen LogP contribution in [0.1, 0.15) is 6.04 Å². The zero-order valence-corrected chi connectivity index (χ0v) is 10.3. The van der Waals surface area contributed by atoms with E-state index in [4.69, 9.17) is 0 Å². The molecule has 0 radical (unpaired) electrons. The molecule has 0 aromatic carbocycles. The molecular weight excluding hydrogens is 260 g/mol. The summed E-state index contributed by atoms with van der Waals surface area (Å²) in [5, 5.41) is 0.894. The van der Waals surface area contributed by atoms with E-state index in [2.05, 4.69) is 15.0 Å². The largest absolute Gasteiger partial charge is 0.322 e. The van der Waals surface area contributed by atoms with Crippen LogP contribution in [-0.4, -0.2) is 44.7 Å². The third kappa shape index (κ3) is 1.28. The first kappa shape index (κ1) is 9.84. The Morgan fingerprint density at radius 3 is 3.06 bits per heavy atom. The quantitative estimate of drug-likeness (QED) is 0.638. The van der Waals surface area contributed by atoms with Crippen LogP contribution in [0.25, 0.3) is 11.2 Å². The Hall–Kier alpha value is -1.15. The third-order valence-electron chi connectivity index (χ3n) is 3.22. The summed E-state index contributed by atoms with van der Waals surface area (Å²) in [6, 6.07) is -0.0199. The molecule has 1 fully saturated rings. The number of hydrogen-bond donors (Lipinski definition) is 0. The minimum atomic E-state index is -2.94. The van der Waals surface area contributed by atoms with Gasteiger partial charge in [-0.2, -0.15) is 0 Å². The number of imidazole rings is 1. The predicted octanol–water partition coefficient (Wildman–Crippen LogP) is 0.270. The summed E-state index contributed by atoms with van der Waals surface area (Å²) in [6.07, 6.45) is 3.16. The van der Waals surface area contributed by atoms with Crippen LogP contribution in [0.5, 0.6) is 0 Å². The van der Waals surface area contributed by atoms with Gasteiger partial charge in [-0.15, -0.1) is 0 Å². The highest BCUT2D eigenvalue weighted by molar-refractivity contribution is 8.02. The van der Waals surface area contributed by atoms with E-state index in [0.717, 1.165) is 10.5 Å². The maximum Gasteiger partial charge on any atom is 0.181 e. The van der Waals surface area contributed by atoms with Gasteiger partial charge in [-0.25, -0.2) is 23.4 Å². The van der Waals surface area contributed by atoms with E-state index in [1.54, 1.807) is 6.33 Å². The first-order chi connectivity index (χ1) is 8.14. The highest BCUT2D eigenvalue weighted by atomic mass is 32.2. The standard InChI is InChI=1S/C9H8N4O2S2/c14-17(15)1-5-6(2-17)16-9-7-8(10-3-11-9)12-4-13(5)7/h3-6H,1-2H2. The first-order valence-corrected chi connectivity index (χ1v) is 7.89. The molecule has 8 heteroatoms. The van der Waals surface area contributed by atoms with Crippen molar-refractivity contribution in [3.8, 4) is 0 Å². The lowest BCUT2D eigenvalue weighted by Gasteiger charge is -2.24. The zero-order chi connectivity index (χ0) is 11.6. The molecule has 4 heterocycles. The van der Waals surface area contributed by atoms with E-state index in [1.165, 1.54) is 18.1 Å². The van der Waals surface area contributed by atoms with E-state index in [9.17, 15) is 8.42 Å². The second kappa shape index (κ2) is 2.99. The van der Waals surface area contributed by atoms with Crippen molar-refractivity contribution >= 4 is 32.8 Å². The van der Waals surface area contributed by atoms with Crippen LogP contribution in [-0.2, 0) is 9.84 Å². The fourth-order valence-electron chi connectivity index (χ4n) is 2.50. The smallest absolute Gasteiger partial charge is 0.181 e. The van der Waals surface area contributed by atoms with Crippen LogP contribution >= 0.6 is 11.8 Å². The summed E-state index contributed by atoms with van der Waals surface area (Å²) >= 11 is 1.54. The Morgan fingerprint density at radius 1 is 1.29 bits per heavy atom. The van der Waals surface area contributed by atoms with Crippen molar-refractivity contribution < 1.29 is 8.42 Å². The van der Waals surface area contributed by atoms with E-state index < -0.39 is 9.84 Å². The molecule has 2 aromatic heterocycles. The van der Waals surface area contributed by atoms with Gasteiger partial charge >= 0.3 is 0 Å². The second-order valence-corrected chi connectivity index (χ2v) is 7.69. The molecule has 2 aromatic rings. The average Bonchev–Trinajstić information content (AvgIpc) is 2.80. The van der Waals surface area contributed by atoms with E-state index in [-0.39, 0.29) is 22.8 Å². The maximum absolute atomic E-state index is 11.7. The molecule has 4 rings (SSSR count). The van der Waals surface area contributed by atoms with Gasteiger partial charge in [-0.05, 0) is 0 Å². The van der Waals surface area contributed by atoms with Crippen LogP contribution in [0.2, 0.25) is 0 Å². The lowest BCUT2D eigenvalue weighted by molar-refractivity contribution is 0.567. The van der Waals surface area contributed by atoms with Crippen LogP contribution in [0.3, 0.4) is 0 Å². The molecule has 2 aliphatic rings. The van der Waals surface area contributed by atoms with E-state index >= 15 is 0 Å². The molecule has 0 bridgehead atoms. The number of aromatic nitrogens is 4. The average molecular weight is 268 g/mol. The van der Waals surface area contributed by atoms with E-state index in [0.29, 0.717) is 5.65 Å². The lowest BCUT2D eigenvalue weighted by atomic mass is 10.2. The normalized spacial score (nSPS) is 29.4. The molecule has 2 atom stereocenters. The van der Waals surface area contributed by atoms with Crippen molar-refractivity contribution in [2.24, 2.45) is 0 Å². The van der Waals surface area contributed by atoms with Gasteiger partial charge in [0.05, 0.1) is 23.9 Å². The summed E-state index contributed by atoms with van der Waals surface area (Å²) in [5.41, 5.74) is 1.51. The van der Waals surface area contributed by atoms with Crippen molar-refractivity contribution in [1.29, 1.82) is 0 Å². The SMILES string of the molecule is O=S1(=O)CC2Sc3ncnc4ncn(c34)C2C1. The van der Waals surface area contributed by atoms with Crippen LogP contribution < -0.4 is 0 Å². The number of thioether (sulfide) groups is 1. The third-order valence-corrected chi connectivity index (χ3v) is 6.46. The second-order valence-electron chi connectivity index (χ2n) is 4.30. The predicted molar refractivity (Wildman–Crippen MR) is 62.7 cm³/mol. The van der Waals surface area contributed by atoms with Crippen LogP contribution in [0.15, 0.2) is 17.7 Å². The molecule has 6 nitrogen and oxygen atoms in total. The highest BCUT2D eigenvalue weighted by Gasteiger charge is 2.43. The summed E-state index contributed by atoms with van der Waals surface area (Å²) in [7, 11) is -2.94. The molecule has 17 heavy (non-hydrogen) atoms. The lowest BCUT2D eigenvalue weighted by Crippen LogP contribution is -2.23. The Labute approximate surface area is 101 Å². The minimum absolute atomic E-state index is 0.0199. The Morgan fingerprint density at radius 2 is 2.18 bits per heavy atom. The van der Waals surface area contributed by atoms with Gasteiger partial charge in [0.1, 0.15) is 16.9 Å². The van der Waals surface area contributed by atoms with Gasteiger partial charge in [0, 0.05) is 5.25 Å². The monoisotopic (exact) mass is 268 g/mol. The highest BCUT2D eigenvalue weighted by Crippen LogP contribution is 2.44. The molecule has 0 N–H and O–H groups in total. The molecule has 2 aliphatic heterocycles. The van der Waals surface area contributed by atoms with Gasteiger partial charge < -0.3 is 4.57 Å². The van der Waals surface area contributed by atoms with Gasteiger partial charge in [0.2, 0.25) is 0 Å². The summed E-state index contributed by atoms with van der Waals surface area (Å²) in [5.74, 6) is 0.426. The number of fused-ring (bicyclic) bond motifs is 2. The van der Waals surface area contributed by atoms with Gasteiger partial charge in [-0.1, -0.05) is 11.8 Å². The number of hydrogen-bond acceptors (Lipinski definition) is 6. The number of rotatable bonds is 0. The van der Waals surface area contributed by atoms with Crippen molar-refractivity contribution in [1.82, 2.24) is 19.5 Å². The van der Waals surface area contributed by atoms with Gasteiger partial charge in [-0.3, -0.25) is 0 Å². The van der Waals surface area contributed by atoms with Crippen molar-refractivity contribution in [3.05, 3.63) is 12.7 Å². The molecule has 2 unspecified atom stereocenters. The summed E-state index contributed by atoms with van der Waals surface area (Å²) in [6.45, 7) is 0. The van der Waals surface area contributed by atoms with Crippen LogP contribution in [0, 0.1) is 0 Å². The number of sulfone groups is 1. The number of nitrogens with zero attached hydrogens (tertiary/aromatic N) is 4. The first-order valence-electron chi connectivity index (χ1n) is 5.19. The van der Waals surface area contributed by atoms with Crippen molar-refractivity contribution in [3.63, 3.8) is 0 Å². The topological polar surface area (TPSA) is 77.7 Å². The Bertz CT molecular complexity index is 724. The fraction of sp³-hybridized carbons (Fsp3) is 0.444. The zero-order valence-electron chi connectivity index (χ0n) is 8.65. The Balaban J connectivity index is 2.00. The van der Waals surface area contributed by atoms with E-state index in [1.807, 2.05) is 4.57 Å². The summed E-state index contributed by atoms with van der Waals surface area (Å²) < 4.78 is 25.3. The Kier molecular flexibility index (Phi) is 1.73. The molecule has 0 saturated carbocycles. The molecule has 1 saturated heterocycles. The van der Waals surface area contributed by atoms with Gasteiger partial charge in [0.15, 0.2) is 15.5 Å². The fourth-order valence-corrected chi connectivity index (χ4v) is 6.37. The minimum Gasteiger partial charge on any atom is -0.322 e. The molecular formula is C9H8N4O2S2. The molecule has 0 aliphatic carbocycles. The maximum atomic E-state index is 11.7. The summed E-state index contributed by atoms with van der Waals surface area (Å²) in [4.78, 5) is 12.5.